The van der Waals surface area contributed by atoms with E-state index in [1.807, 2.05) is 19.1 Å². The van der Waals surface area contributed by atoms with Gasteiger partial charge >= 0.3 is 0 Å². The van der Waals surface area contributed by atoms with E-state index in [0.29, 0.717) is 17.9 Å². The van der Waals surface area contributed by atoms with Crippen molar-refractivity contribution in [1.82, 2.24) is 15.2 Å². The first kappa shape index (κ1) is 14.0. The van der Waals surface area contributed by atoms with Gasteiger partial charge in [0, 0.05) is 12.6 Å². The summed E-state index contributed by atoms with van der Waals surface area (Å²) < 4.78 is 5.51. The molecule has 1 amide bonds. The van der Waals surface area contributed by atoms with E-state index in [2.05, 4.69) is 15.2 Å². The Hall–Kier alpha value is -1.66. The maximum Gasteiger partial charge on any atom is 0.261 e. The molecule has 0 radical (unpaired) electrons. The van der Waals surface area contributed by atoms with Crippen LogP contribution in [0.2, 0.25) is 0 Å². The fourth-order valence-electron chi connectivity index (χ4n) is 3.41. The van der Waals surface area contributed by atoms with Gasteiger partial charge in [0.05, 0.1) is 16.0 Å². The van der Waals surface area contributed by atoms with Crippen molar-refractivity contribution in [3.8, 4) is 10.8 Å². The molecule has 2 bridgehead atoms. The number of piperidine rings is 3. The highest BCUT2D eigenvalue weighted by Crippen LogP contribution is 2.30. The number of hydrogen-bond donors (Lipinski definition) is 1. The molecule has 0 aliphatic carbocycles. The summed E-state index contributed by atoms with van der Waals surface area (Å²) in [5.74, 6) is 2.03. The normalized spacial score (nSPS) is 27.0. The maximum atomic E-state index is 12.5. The Morgan fingerprint density at radius 3 is 2.86 bits per heavy atom. The molecule has 5 heterocycles. The predicted molar refractivity (Wildman–Crippen MR) is 85.0 cm³/mol. The van der Waals surface area contributed by atoms with Crippen LogP contribution in [0.5, 0.6) is 0 Å². The van der Waals surface area contributed by atoms with Crippen LogP contribution in [0.1, 0.15) is 28.3 Å². The Labute approximate surface area is 133 Å². The van der Waals surface area contributed by atoms with Crippen molar-refractivity contribution in [3.63, 3.8) is 0 Å². The zero-order chi connectivity index (χ0) is 15.1. The summed E-state index contributed by atoms with van der Waals surface area (Å²) in [6.45, 7) is 5.23. The lowest BCUT2D eigenvalue weighted by Crippen LogP contribution is -2.57. The fourth-order valence-corrected chi connectivity index (χ4v) is 4.25. The molecule has 6 heteroatoms. The highest BCUT2D eigenvalue weighted by molar-refractivity contribution is 7.17. The number of thiophene rings is 1. The third-order valence-corrected chi connectivity index (χ3v) is 5.71. The zero-order valence-corrected chi connectivity index (χ0v) is 13.4. The van der Waals surface area contributed by atoms with Gasteiger partial charge in [-0.15, -0.1) is 11.3 Å². The molecule has 2 aromatic heterocycles. The molecule has 0 spiro atoms. The molecule has 0 saturated carbocycles. The Morgan fingerprint density at radius 1 is 1.41 bits per heavy atom. The molecule has 3 saturated heterocycles. The number of carbonyl (C=O) groups is 1. The number of amides is 1. The number of fused-ring (bicyclic) bond motifs is 3. The summed E-state index contributed by atoms with van der Waals surface area (Å²) in [5.41, 5.74) is 0. The van der Waals surface area contributed by atoms with Crippen LogP contribution in [0.15, 0.2) is 22.7 Å². The number of carbonyl (C=O) groups excluding carboxylic acids is 1. The Kier molecular flexibility index (Phi) is 3.50. The third-order valence-electron chi connectivity index (χ3n) is 4.63. The van der Waals surface area contributed by atoms with E-state index >= 15 is 0 Å². The maximum absolute atomic E-state index is 12.5. The monoisotopic (exact) mass is 317 g/mol. The first-order valence-corrected chi connectivity index (χ1v) is 8.56. The molecule has 3 aliphatic heterocycles. The van der Waals surface area contributed by atoms with Crippen molar-refractivity contribution in [2.24, 2.45) is 5.92 Å². The number of oxazole rings is 1. The second-order valence-corrected chi connectivity index (χ2v) is 7.24. The quantitative estimate of drug-likeness (QED) is 0.945. The lowest BCUT2D eigenvalue weighted by Gasteiger charge is -2.44. The Balaban J connectivity index is 1.46. The van der Waals surface area contributed by atoms with E-state index < -0.39 is 0 Å². The van der Waals surface area contributed by atoms with Gasteiger partial charge in [0.25, 0.3) is 5.91 Å². The minimum atomic E-state index is 0.0262. The van der Waals surface area contributed by atoms with Gasteiger partial charge in [0.1, 0.15) is 5.76 Å². The van der Waals surface area contributed by atoms with Gasteiger partial charge in [-0.05, 0) is 50.9 Å². The summed E-state index contributed by atoms with van der Waals surface area (Å²) in [5, 5.41) is 3.22. The molecule has 1 unspecified atom stereocenters. The number of nitrogens with one attached hydrogen (secondary N) is 1. The van der Waals surface area contributed by atoms with E-state index in [1.54, 1.807) is 6.20 Å². The molecular weight excluding hydrogens is 298 g/mol. The summed E-state index contributed by atoms with van der Waals surface area (Å²) in [6, 6.07) is 4.06. The SMILES string of the molecule is Cc1cnc(-c2ccc(C(=O)NC3CN4CCC3CC4)s2)o1. The second kappa shape index (κ2) is 5.52. The van der Waals surface area contributed by atoms with Gasteiger partial charge in [-0.3, -0.25) is 4.79 Å². The van der Waals surface area contributed by atoms with Crippen LogP contribution in [0.3, 0.4) is 0 Å². The van der Waals surface area contributed by atoms with E-state index in [4.69, 9.17) is 4.42 Å². The Bertz CT molecular complexity index is 685. The molecule has 22 heavy (non-hydrogen) atoms. The first-order valence-electron chi connectivity index (χ1n) is 7.75. The molecule has 1 N–H and O–H groups in total. The van der Waals surface area contributed by atoms with Crippen molar-refractivity contribution in [1.29, 1.82) is 0 Å². The van der Waals surface area contributed by atoms with Crippen molar-refractivity contribution >= 4 is 17.2 Å². The van der Waals surface area contributed by atoms with E-state index in [0.717, 1.165) is 22.1 Å². The largest absolute Gasteiger partial charge is 0.441 e. The highest BCUT2D eigenvalue weighted by atomic mass is 32.1. The summed E-state index contributed by atoms with van der Waals surface area (Å²) >= 11 is 1.43. The molecule has 1 atom stereocenters. The van der Waals surface area contributed by atoms with Gasteiger partial charge in [-0.2, -0.15) is 0 Å². The number of aromatic nitrogens is 1. The number of nitrogens with zero attached hydrogens (tertiary/aromatic N) is 2. The van der Waals surface area contributed by atoms with E-state index in [9.17, 15) is 4.79 Å². The van der Waals surface area contributed by atoms with Gasteiger partial charge in [-0.25, -0.2) is 4.98 Å². The minimum Gasteiger partial charge on any atom is -0.441 e. The molecular formula is C16H19N3O2S. The topological polar surface area (TPSA) is 58.4 Å². The van der Waals surface area contributed by atoms with Gasteiger partial charge < -0.3 is 14.6 Å². The number of hydrogen-bond acceptors (Lipinski definition) is 5. The molecule has 3 fully saturated rings. The minimum absolute atomic E-state index is 0.0262. The average Bonchev–Trinajstić information content (AvgIpc) is 3.17. The second-order valence-electron chi connectivity index (χ2n) is 6.16. The van der Waals surface area contributed by atoms with Crippen molar-refractivity contribution in [2.45, 2.75) is 25.8 Å². The van der Waals surface area contributed by atoms with Crippen LogP contribution in [0, 0.1) is 12.8 Å². The smallest absolute Gasteiger partial charge is 0.261 e. The molecule has 3 aliphatic rings. The van der Waals surface area contributed by atoms with Crippen LogP contribution in [-0.2, 0) is 0 Å². The number of rotatable bonds is 3. The van der Waals surface area contributed by atoms with E-state index in [-0.39, 0.29) is 5.91 Å². The van der Waals surface area contributed by atoms with Crippen molar-refractivity contribution in [2.75, 3.05) is 19.6 Å². The van der Waals surface area contributed by atoms with Crippen molar-refractivity contribution in [3.05, 3.63) is 29.0 Å². The van der Waals surface area contributed by atoms with Crippen molar-refractivity contribution < 1.29 is 9.21 Å². The lowest BCUT2D eigenvalue weighted by molar-refractivity contribution is 0.0622. The highest BCUT2D eigenvalue weighted by Gasteiger charge is 2.35. The molecule has 116 valence electrons. The van der Waals surface area contributed by atoms with Crippen LogP contribution >= 0.6 is 11.3 Å². The third kappa shape index (κ3) is 2.57. The zero-order valence-electron chi connectivity index (χ0n) is 12.5. The molecule has 2 aromatic rings. The lowest BCUT2D eigenvalue weighted by atomic mass is 9.84. The van der Waals surface area contributed by atoms with E-state index in [1.165, 1.54) is 37.3 Å². The molecule has 0 aromatic carbocycles. The van der Waals surface area contributed by atoms with Gasteiger partial charge in [0.2, 0.25) is 5.89 Å². The van der Waals surface area contributed by atoms with Gasteiger partial charge in [0.15, 0.2) is 0 Å². The van der Waals surface area contributed by atoms with Crippen LogP contribution < -0.4 is 5.32 Å². The first-order chi connectivity index (χ1) is 10.7. The van der Waals surface area contributed by atoms with Crippen LogP contribution in [0.4, 0.5) is 0 Å². The van der Waals surface area contributed by atoms with Gasteiger partial charge in [-0.1, -0.05) is 0 Å². The number of aryl methyl sites for hydroxylation is 1. The van der Waals surface area contributed by atoms with Crippen LogP contribution in [-0.4, -0.2) is 41.5 Å². The average molecular weight is 317 g/mol. The summed E-state index contributed by atoms with van der Waals surface area (Å²) in [4.78, 5) is 20.7. The standard InChI is InChI=1S/C16H19N3O2S/c1-10-8-17-16(21-10)14-3-2-13(22-14)15(20)18-12-9-19-6-4-11(12)5-7-19/h2-3,8,11-12H,4-7,9H2,1H3,(H,18,20). The predicted octanol–water partition coefficient (Wildman–Crippen LogP) is 2.54. The summed E-state index contributed by atoms with van der Waals surface area (Å²) in [7, 11) is 0. The fraction of sp³-hybridized carbons (Fsp3) is 0.500. The molecule has 5 nitrogen and oxygen atoms in total. The Morgan fingerprint density at radius 2 is 2.23 bits per heavy atom. The van der Waals surface area contributed by atoms with Crippen LogP contribution in [0.25, 0.3) is 10.8 Å². The molecule has 5 rings (SSSR count). The summed E-state index contributed by atoms with van der Waals surface area (Å²) in [6.07, 6.45) is 4.11.